The Morgan fingerprint density at radius 1 is 1.36 bits per heavy atom. The second-order valence-electron chi connectivity index (χ2n) is 4.26. The van der Waals surface area contributed by atoms with Crippen LogP contribution in [0.2, 0.25) is 5.02 Å². The van der Waals surface area contributed by atoms with Gasteiger partial charge in [0.15, 0.2) is 0 Å². The van der Waals surface area contributed by atoms with E-state index in [2.05, 4.69) is 21.1 Å². The molecule has 0 fully saturated rings. The number of hydrogen-bond acceptors (Lipinski definition) is 5. The Hall–Kier alpha value is -2.12. The predicted octanol–water partition coefficient (Wildman–Crippen LogP) is 4.40. The molecule has 0 amide bonds. The van der Waals surface area contributed by atoms with Crippen LogP contribution in [0.25, 0.3) is 0 Å². The maximum absolute atomic E-state index is 10.6. The second kappa shape index (κ2) is 7.24. The zero-order chi connectivity index (χ0) is 16.1. The van der Waals surface area contributed by atoms with Crippen LogP contribution >= 0.6 is 27.5 Å². The first-order valence-corrected chi connectivity index (χ1v) is 7.21. The topological polar surface area (TPSA) is 85.0 Å². The molecule has 0 saturated heterocycles. The Balaban J connectivity index is 2.19. The van der Waals surface area contributed by atoms with Gasteiger partial charge in [-0.2, -0.15) is 0 Å². The monoisotopic (exact) mass is 384 g/mol. The van der Waals surface area contributed by atoms with E-state index in [1.165, 1.54) is 18.3 Å². The number of nitrogens with zero attached hydrogens (tertiary/aromatic N) is 2. The number of oxime groups is 1. The van der Waals surface area contributed by atoms with Gasteiger partial charge in [0.1, 0.15) is 12.4 Å². The second-order valence-corrected chi connectivity index (χ2v) is 5.55. The van der Waals surface area contributed by atoms with Crippen LogP contribution in [0.1, 0.15) is 11.1 Å². The van der Waals surface area contributed by atoms with Crippen molar-refractivity contribution < 1.29 is 14.9 Å². The Morgan fingerprint density at radius 2 is 2.05 bits per heavy atom. The summed E-state index contributed by atoms with van der Waals surface area (Å²) in [7, 11) is 0. The Morgan fingerprint density at radius 3 is 2.64 bits per heavy atom. The van der Waals surface area contributed by atoms with Gasteiger partial charge in [-0.15, -0.1) is 0 Å². The fourth-order valence-electron chi connectivity index (χ4n) is 1.76. The third kappa shape index (κ3) is 3.96. The summed E-state index contributed by atoms with van der Waals surface area (Å²) in [5.41, 5.74) is 1.28. The van der Waals surface area contributed by atoms with Crippen LogP contribution in [-0.4, -0.2) is 16.3 Å². The van der Waals surface area contributed by atoms with Crippen LogP contribution in [0.5, 0.6) is 5.75 Å². The molecule has 2 aromatic rings. The summed E-state index contributed by atoms with van der Waals surface area (Å²) in [5.74, 6) is 0.459. The van der Waals surface area contributed by atoms with E-state index in [9.17, 15) is 10.1 Å². The number of benzene rings is 2. The van der Waals surface area contributed by atoms with Gasteiger partial charge >= 0.3 is 0 Å². The summed E-state index contributed by atoms with van der Waals surface area (Å²) in [6.45, 7) is 0.199. The van der Waals surface area contributed by atoms with Gasteiger partial charge in [-0.05, 0) is 45.8 Å². The van der Waals surface area contributed by atoms with E-state index in [1.54, 1.807) is 24.3 Å². The minimum Gasteiger partial charge on any atom is -0.487 e. The van der Waals surface area contributed by atoms with Gasteiger partial charge in [-0.3, -0.25) is 10.1 Å². The first kappa shape index (κ1) is 16.3. The number of halogens is 2. The predicted molar refractivity (Wildman–Crippen MR) is 86.0 cm³/mol. The van der Waals surface area contributed by atoms with E-state index < -0.39 is 4.92 Å². The van der Waals surface area contributed by atoms with Gasteiger partial charge in [0.25, 0.3) is 5.69 Å². The van der Waals surface area contributed by atoms with E-state index in [1.807, 2.05) is 0 Å². The van der Waals surface area contributed by atoms with E-state index in [4.69, 9.17) is 21.5 Å². The number of rotatable bonds is 5. The zero-order valence-corrected chi connectivity index (χ0v) is 13.4. The molecule has 0 aromatic heterocycles. The normalized spacial score (nSPS) is 10.8. The highest BCUT2D eigenvalue weighted by Crippen LogP contribution is 2.32. The molecule has 0 aliphatic heterocycles. The van der Waals surface area contributed by atoms with E-state index in [0.717, 1.165) is 5.56 Å². The van der Waals surface area contributed by atoms with E-state index in [-0.39, 0.29) is 12.3 Å². The molecular formula is C14H10BrClN2O4. The van der Waals surface area contributed by atoms with Gasteiger partial charge in [0.05, 0.1) is 15.6 Å². The fourth-order valence-corrected chi connectivity index (χ4v) is 2.71. The lowest BCUT2D eigenvalue weighted by Gasteiger charge is -2.11. The van der Waals surface area contributed by atoms with Crippen molar-refractivity contribution in [1.82, 2.24) is 0 Å². The average molecular weight is 386 g/mol. The zero-order valence-electron chi connectivity index (χ0n) is 11.1. The van der Waals surface area contributed by atoms with Crippen LogP contribution in [0, 0.1) is 10.1 Å². The number of nitro groups is 1. The fraction of sp³-hybridized carbons (Fsp3) is 0.0714. The van der Waals surface area contributed by atoms with Crippen LogP contribution in [0.15, 0.2) is 46.0 Å². The summed E-state index contributed by atoms with van der Waals surface area (Å²) < 4.78 is 6.29. The first-order valence-electron chi connectivity index (χ1n) is 6.04. The molecule has 0 atom stereocenters. The van der Waals surface area contributed by atoms with Crippen molar-refractivity contribution in [2.24, 2.45) is 5.16 Å². The van der Waals surface area contributed by atoms with Gasteiger partial charge < -0.3 is 9.94 Å². The van der Waals surface area contributed by atoms with Crippen LogP contribution in [0.4, 0.5) is 5.69 Å². The summed E-state index contributed by atoms with van der Waals surface area (Å²) in [6.07, 6.45) is 1.21. The quantitative estimate of drug-likeness (QED) is 0.358. The smallest absolute Gasteiger partial charge is 0.269 e. The maximum atomic E-state index is 10.6. The highest BCUT2D eigenvalue weighted by atomic mass is 79.9. The van der Waals surface area contributed by atoms with E-state index >= 15 is 0 Å². The number of hydrogen-bond donors (Lipinski definition) is 1. The molecule has 2 rings (SSSR count). The van der Waals surface area contributed by atoms with Crippen molar-refractivity contribution in [2.75, 3.05) is 0 Å². The third-order valence-electron chi connectivity index (χ3n) is 2.76. The third-order valence-corrected chi connectivity index (χ3v) is 3.57. The summed E-state index contributed by atoms with van der Waals surface area (Å²) in [4.78, 5) is 10.1. The highest BCUT2D eigenvalue weighted by molar-refractivity contribution is 9.10. The van der Waals surface area contributed by atoms with Crippen LogP contribution < -0.4 is 4.74 Å². The molecular weight excluding hydrogens is 376 g/mol. The molecule has 6 nitrogen and oxygen atoms in total. The number of nitro benzene ring substituents is 1. The molecule has 0 unspecified atom stereocenters. The molecule has 0 spiro atoms. The summed E-state index contributed by atoms with van der Waals surface area (Å²) in [5, 5.41) is 22.7. The van der Waals surface area contributed by atoms with E-state index in [0.29, 0.717) is 20.8 Å². The lowest BCUT2D eigenvalue weighted by atomic mass is 10.2. The number of non-ortho nitro benzene ring substituents is 1. The minimum atomic E-state index is -0.462. The van der Waals surface area contributed by atoms with Gasteiger partial charge in [0.2, 0.25) is 0 Å². The van der Waals surface area contributed by atoms with Crippen molar-refractivity contribution in [1.29, 1.82) is 0 Å². The van der Waals surface area contributed by atoms with Gasteiger partial charge in [-0.1, -0.05) is 16.8 Å². The Labute approximate surface area is 139 Å². The highest BCUT2D eigenvalue weighted by Gasteiger charge is 2.10. The molecule has 22 heavy (non-hydrogen) atoms. The van der Waals surface area contributed by atoms with Crippen molar-refractivity contribution in [3.8, 4) is 5.75 Å². The molecule has 2 aromatic carbocycles. The molecule has 0 aliphatic rings. The first-order chi connectivity index (χ1) is 10.5. The number of ether oxygens (including phenoxy) is 1. The largest absolute Gasteiger partial charge is 0.487 e. The Bertz CT molecular complexity index is 720. The SMILES string of the molecule is O=[N+]([O-])c1ccc(COc2c(Br)cc(Cl)cc2C=NO)cc1. The van der Waals surface area contributed by atoms with Crippen molar-refractivity contribution >= 4 is 39.4 Å². The lowest BCUT2D eigenvalue weighted by molar-refractivity contribution is -0.384. The molecule has 114 valence electrons. The van der Waals surface area contributed by atoms with Gasteiger partial charge in [0, 0.05) is 22.7 Å². The van der Waals surface area contributed by atoms with Crippen LogP contribution in [-0.2, 0) is 6.61 Å². The van der Waals surface area contributed by atoms with Gasteiger partial charge in [-0.25, -0.2) is 0 Å². The molecule has 0 heterocycles. The standard InChI is InChI=1S/C14H10BrClN2O4/c15-13-6-11(16)5-10(7-17-19)14(13)22-8-9-1-3-12(4-2-9)18(20)21/h1-7,19H,8H2. The van der Waals surface area contributed by atoms with Crippen molar-refractivity contribution in [2.45, 2.75) is 6.61 Å². The maximum Gasteiger partial charge on any atom is 0.269 e. The average Bonchev–Trinajstić information content (AvgIpc) is 2.47. The molecule has 0 radical (unpaired) electrons. The molecule has 0 saturated carbocycles. The molecule has 0 bridgehead atoms. The molecule has 0 aliphatic carbocycles. The van der Waals surface area contributed by atoms with Crippen molar-refractivity contribution in [3.63, 3.8) is 0 Å². The van der Waals surface area contributed by atoms with Crippen molar-refractivity contribution in [3.05, 3.63) is 67.1 Å². The Kier molecular flexibility index (Phi) is 5.35. The summed E-state index contributed by atoms with van der Waals surface area (Å²) >= 11 is 9.26. The lowest BCUT2D eigenvalue weighted by Crippen LogP contribution is -2.00. The van der Waals surface area contributed by atoms with Crippen LogP contribution in [0.3, 0.4) is 0 Å². The molecule has 1 N–H and O–H groups in total. The summed E-state index contributed by atoms with van der Waals surface area (Å²) in [6, 6.07) is 9.29. The molecule has 8 heteroatoms. The minimum absolute atomic E-state index is 0.0181.